The van der Waals surface area contributed by atoms with E-state index >= 15 is 0 Å². The highest BCUT2D eigenvalue weighted by Crippen LogP contribution is 2.25. The van der Waals surface area contributed by atoms with Crippen LogP contribution in [0.15, 0.2) is 30.6 Å². The normalized spacial score (nSPS) is 10.3. The number of anilines is 1. The van der Waals surface area contributed by atoms with Crippen molar-refractivity contribution in [1.82, 2.24) is 9.97 Å². The second-order valence-electron chi connectivity index (χ2n) is 4.09. The molecule has 1 N–H and O–H groups in total. The van der Waals surface area contributed by atoms with E-state index in [0.29, 0.717) is 6.54 Å². The molecule has 0 aliphatic carbocycles. The molecule has 0 amide bonds. The van der Waals surface area contributed by atoms with Crippen molar-refractivity contribution in [2.24, 2.45) is 0 Å². The summed E-state index contributed by atoms with van der Waals surface area (Å²) in [6, 6.07) is 5.12. The second-order valence-corrected chi connectivity index (χ2v) is 4.53. The maximum atomic E-state index is 11.0. The van der Waals surface area contributed by atoms with Gasteiger partial charge in [0.1, 0.15) is 0 Å². The number of nitrogens with one attached hydrogen (secondary N) is 1. The average molecular weight is 293 g/mol. The summed E-state index contributed by atoms with van der Waals surface area (Å²) in [5.74, 6) is 0.187. The Kier molecular flexibility index (Phi) is 4.47. The van der Waals surface area contributed by atoms with Crippen molar-refractivity contribution < 1.29 is 4.92 Å². The topological polar surface area (TPSA) is 81.0 Å². The summed E-state index contributed by atoms with van der Waals surface area (Å²) in [6.45, 7) is 2.41. The zero-order valence-electron chi connectivity index (χ0n) is 10.8. The van der Waals surface area contributed by atoms with Gasteiger partial charge in [-0.25, -0.2) is 4.98 Å². The molecule has 104 valence electrons. The third-order valence-electron chi connectivity index (χ3n) is 2.82. The van der Waals surface area contributed by atoms with Crippen LogP contribution in [0.3, 0.4) is 0 Å². The number of aromatic nitrogens is 2. The van der Waals surface area contributed by atoms with E-state index in [9.17, 15) is 10.1 Å². The smallest absolute Gasteiger partial charge is 0.312 e. The zero-order chi connectivity index (χ0) is 14.5. The number of hydrogen-bond acceptors (Lipinski definition) is 5. The lowest BCUT2D eigenvalue weighted by atomic mass is 10.1. The van der Waals surface area contributed by atoms with Crippen LogP contribution >= 0.6 is 11.6 Å². The van der Waals surface area contributed by atoms with Gasteiger partial charge in [-0.15, -0.1) is 0 Å². The summed E-state index contributed by atoms with van der Waals surface area (Å²) in [6.07, 6.45) is 3.91. The van der Waals surface area contributed by atoms with E-state index in [0.717, 1.165) is 17.7 Å². The van der Waals surface area contributed by atoms with Crippen molar-refractivity contribution in [3.63, 3.8) is 0 Å². The Morgan fingerprint density at radius 1 is 1.45 bits per heavy atom. The first-order valence-electron chi connectivity index (χ1n) is 6.08. The summed E-state index contributed by atoms with van der Waals surface area (Å²) in [4.78, 5) is 18.7. The standard InChI is InChI=1S/C13H13ClN4O2/c1-2-9-4-3-5-15-11(9)8-17-13-12(18(19)20)6-10(14)7-16-13/h3-7H,2,8H2,1H3,(H,16,17). The van der Waals surface area contributed by atoms with Gasteiger partial charge in [0.2, 0.25) is 5.82 Å². The van der Waals surface area contributed by atoms with Crippen LogP contribution in [-0.4, -0.2) is 14.9 Å². The predicted molar refractivity (Wildman–Crippen MR) is 76.8 cm³/mol. The summed E-state index contributed by atoms with van der Waals surface area (Å²) in [5.41, 5.74) is 1.80. The molecule has 0 spiro atoms. The zero-order valence-corrected chi connectivity index (χ0v) is 11.6. The van der Waals surface area contributed by atoms with Crippen LogP contribution in [0, 0.1) is 10.1 Å². The van der Waals surface area contributed by atoms with Crippen molar-refractivity contribution in [2.75, 3.05) is 5.32 Å². The number of rotatable bonds is 5. The molecular weight excluding hydrogens is 280 g/mol. The average Bonchev–Trinajstić information content (AvgIpc) is 2.46. The molecule has 2 aromatic heterocycles. The Bertz CT molecular complexity index is 634. The first kappa shape index (κ1) is 14.2. The number of nitrogens with zero attached hydrogens (tertiary/aromatic N) is 3. The Labute approximate surface area is 121 Å². The minimum Gasteiger partial charge on any atom is -0.359 e. The molecular formula is C13H13ClN4O2. The lowest BCUT2D eigenvalue weighted by Crippen LogP contribution is -2.08. The maximum Gasteiger partial charge on any atom is 0.312 e. The largest absolute Gasteiger partial charge is 0.359 e. The van der Waals surface area contributed by atoms with Crippen molar-refractivity contribution in [3.05, 3.63) is 57.0 Å². The fraction of sp³-hybridized carbons (Fsp3) is 0.231. The minimum atomic E-state index is -0.514. The van der Waals surface area contributed by atoms with Gasteiger partial charge in [0.25, 0.3) is 0 Å². The van der Waals surface area contributed by atoms with Gasteiger partial charge < -0.3 is 5.32 Å². The number of nitro groups is 1. The molecule has 2 aromatic rings. The Balaban J connectivity index is 2.21. The van der Waals surface area contributed by atoms with Crippen LogP contribution < -0.4 is 5.32 Å². The fourth-order valence-electron chi connectivity index (χ4n) is 1.82. The third kappa shape index (κ3) is 3.21. The van der Waals surface area contributed by atoms with Gasteiger partial charge in [-0.1, -0.05) is 24.6 Å². The molecule has 0 atom stereocenters. The molecule has 0 radical (unpaired) electrons. The van der Waals surface area contributed by atoms with Gasteiger partial charge in [-0.05, 0) is 18.1 Å². The Hall–Kier alpha value is -2.21. The van der Waals surface area contributed by atoms with Crippen molar-refractivity contribution >= 4 is 23.1 Å². The fourth-order valence-corrected chi connectivity index (χ4v) is 1.98. The van der Waals surface area contributed by atoms with E-state index in [4.69, 9.17) is 11.6 Å². The number of hydrogen-bond donors (Lipinski definition) is 1. The Morgan fingerprint density at radius 3 is 2.95 bits per heavy atom. The van der Waals surface area contributed by atoms with E-state index in [2.05, 4.69) is 15.3 Å². The van der Waals surface area contributed by atoms with Crippen LogP contribution in [0.4, 0.5) is 11.5 Å². The number of halogens is 1. The van der Waals surface area contributed by atoms with Gasteiger partial charge in [-0.3, -0.25) is 15.1 Å². The summed E-state index contributed by atoms with van der Waals surface area (Å²) in [5, 5.41) is 14.1. The van der Waals surface area contributed by atoms with Gasteiger partial charge in [-0.2, -0.15) is 0 Å². The van der Waals surface area contributed by atoms with Gasteiger partial charge in [0.15, 0.2) is 0 Å². The van der Waals surface area contributed by atoms with Crippen molar-refractivity contribution in [3.8, 4) is 0 Å². The molecule has 0 unspecified atom stereocenters. The highest BCUT2D eigenvalue weighted by atomic mass is 35.5. The first-order valence-corrected chi connectivity index (χ1v) is 6.46. The highest BCUT2D eigenvalue weighted by molar-refractivity contribution is 6.30. The van der Waals surface area contributed by atoms with Crippen molar-refractivity contribution in [2.45, 2.75) is 19.9 Å². The van der Waals surface area contributed by atoms with Crippen LogP contribution in [0.25, 0.3) is 0 Å². The number of pyridine rings is 2. The monoisotopic (exact) mass is 292 g/mol. The van der Waals surface area contributed by atoms with Gasteiger partial charge in [0.05, 0.1) is 22.2 Å². The van der Waals surface area contributed by atoms with Crippen molar-refractivity contribution in [1.29, 1.82) is 0 Å². The van der Waals surface area contributed by atoms with Gasteiger partial charge in [0, 0.05) is 18.5 Å². The summed E-state index contributed by atoms with van der Waals surface area (Å²) in [7, 11) is 0. The minimum absolute atomic E-state index is 0.147. The van der Waals surface area contributed by atoms with Crippen LogP contribution in [0.5, 0.6) is 0 Å². The molecule has 7 heteroatoms. The molecule has 2 heterocycles. The number of aryl methyl sites for hydroxylation is 1. The van der Waals surface area contributed by atoms with Crippen LogP contribution in [0.2, 0.25) is 5.02 Å². The molecule has 0 saturated carbocycles. The molecule has 0 bridgehead atoms. The Morgan fingerprint density at radius 2 is 2.25 bits per heavy atom. The second kappa shape index (κ2) is 6.29. The summed E-state index contributed by atoms with van der Waals surface area (Å²) >= 11 is 5.72. The first-order chi connectivity index (χ1) is 9.61. The molecule has 0 aromatic carbocycles. The van der Waals surface area contributed by atoms with E-state index in [1.165, 1.54) is 12.3 Å². The third-order valence-corrected chi connectivity index (χ3v) is 3.03. The summed E-state index contributed by atoms with van der Waals surface area (Å²) < 4.78 is 0. The molecule has 2 rings (SSSR count). The molecule has 0 fully saturated rings. The molecule has 20 heavy (non-hydrogen) atoms. The van der Waals surface area contributed by atoms with E-state index in [-0.39, 0.29) is 16.5 Å². The van der Waals surface area contributed by atoms with E-state index < -0.39 is 4.92 Å². The van der Waals surface area contributed by atoms with Crippen LogP contribution in [0.1, 0.15) is 18.2 Å². The molecule has 0 saturated heterocycles. The molecule has 6 nitrogen and oxygen atoms in total. The lowest BCUT2D eigenvalue weighted by Gasteiger charge is -2.09. The lowest BCUT2D eigenvalue weighted by molar-refractivity contribution is -0.384. The van der Waals surface area contributed by atoms with E-state index in [1.807, 2.05) is 19.1 Å². The maximum absolute atomic E-state index is 11.0. The SMILES string of the molecule is CCc1cccnc1CNc1ncc(Cl)cc1[N+](=O)[O-]. The van der Waals surface area contributed by atoms with E-state index in [1.54, 1.807) is 6.20 Å². The molecule has 0 aliphatic heterocycles. The van der Waals surface area contributed by atoms with Crippen LogP contribution in [-0.2, 0) is 13.0 Å². The predicted octanol–water partition coefficient (Wildman–Crippen LogP) is 3.21. The highest BCUT2D eigenvalue weighted by Gasteiger charge is 2.16. The quantitative estimate of drug-likeness (QED) is 0.676. The molecule has 0 aliphatic rings. The van der Waals surface area contributed by atoms with Gasteiger partial charge >= 0.3 is 5.69 Å².